The minimum atomic E-state index is -1.20. The van der Waals surface area contributed by atoms with Crippen LogP contribution < -0.4 is 0 Å². The van der Waals surface area contributed by atoms with E-state index in [9.17, 15) is 41.9 Å². The fourth-order valence-electron chi connectivity index (χ4n) is 7.72. The van der Waals surface area contributed by atoms with E-state index in [0.29, 0.717) is 55.2 Å². The predicted molar refractivity (Wildman–Crippen MR) is 282 cm³/mol. The summed E-state index contributed by atoms with van der Waals surface area (Å²) in [6.07, 6.45) is 16.6. The van der Waals surface area contributed by atoms with Crippen molar-refractivity contribution in [2.75, 3.05) is 26.4 Å². The second-order valence-corrected chi connectivity index (χ2v) is 18.5. The Morgan fingerprint density at radius 2 is 0.587 bits per heavy atom. The third-order valence-corrected chi connectivity index (χ3v) is 12.2. The lowest BCUT2D eigenvalue weighted by Gasteiger charge is -2.18. The van der Waals surface area contributed by atoms with Gasteiger partial charge in [-0.2, -0.15) is 0 Å². The highest BCUT2D eigenvalue weighted by Gasteiger charge is 2.20. The zero-order valence-electron chi connectivity index (χ0n) is 43.7. The van der Waals surface area contributed by atoms with Gasteiger partial charge in [0.15, 0.2) is 0 Å². The van der Waals surface area contributed by atoms with Crippen LogP contribution in [0, 0.1) is 17.5 Å². The van der Waals surface area contributed by atoms with Gasteiger partial charge >= 0.3 is 35.8 Å². The molecule has 0 atom stereocenters. The quantitative estimate of drug-likeness (QED) is 0.0174. The van der Waals surface area contributed by atoms with E-state index in [1.165, 1.54) is 72.8 Å². The molecule has 0 radical (unpaired) electrons. The standard InChI is InChI=1S/C60H77F3O12/c1-45(48-28-34-51(61)35-29-48)58(67)71-41-22-16-10-4-7-13-19-25-54(64)70-44-40-57(74-55(65)26-20-14-8-5-11-17-23-42-72-59(68)46(2)49-30-36-52(62)37-31-49)75-56(66)27-21-15-9-6-12-18-24-43-73-60(69)47(3)50-32-38-53(63)39-33-50/h28-39,57H,1-27,40-44H2. The van der Waals surface area contributed by atoms with E-state index in [4.69, 9.17) is 28.4 Å². The summed E-state index contributed by atoms with van der Waals surface area (Å²) in [7, 11) is 0. The van der Waals surface area contributed by atoms with Gasteiger partial charge in [0.25, 0.3) is 6.29 Å². The summed E-state index contributed by atoms with van der Waals surface area (Å²) in [5, 5.41) is 0. The first kappa shape index (κ1) is 62.8. The summed E-state index contributed by atoms with van der Waals surface area (Å²) in [5.41, 5.74) is 2.07. The van der Waals surface area contributed by atoms with Crippen molar-refractivity contribution in [2.45, 2.75) is 167 Å². The Morgan fingerprint density at radius 1 is 0.333 bits per heavy atom. The van der Waals surface area contributed by atoms with E-state index in [2.05, 4.69) is 19.7 Å². The minimum Gasteiger partial charge on any atom is -0.465 e. The van der Waals surface area contributed by atoms with Crippen LogP contribution in [0.3, 0.4) is 0 Å². The third-order valence-electron chi connectivity index (χ3n) is 12.2. The topological polar surface area (TPSA) is 158 Å². The summed E-state index contributed by atoms with van der Waals surface area (Å²) < 4.78 is 72.0. The molecule has 0 spiro atoms. The number of esters is 6. The van der Waals surface area contributed by atoms with E-state index in [-0.39, 0.29) is 68.8 Å². The molecule has 0 amide bonds. The van der Waals surface area contributed by atoms with Gasteiger partial charge in [-0.05, 0) is 91.6 Å². The Balaban J connectivity index is 1.27. The first-order valence-electron chi connectivity index (χ1n) is 26.6. The summed E-state index contributed by atoms with van der Waals surface area (Å²) in [6, 6.07) is 16.5. The summed E-state index contributed by atoms with van der Waals surface area (Å²) in [4.78, 5) is 75.0. The number of hydrogen-bond donors (Lipinski definition) is 0. The van der Waals surface area contributed by atoms with Gasteiger partial charge in [0, 0.05) is 19.3 Å². The SMILES string of the molecule is C=C(C(=O)OCCCCCCCCCC(=O)OCCC(OC(=O)CCCCCCCCCOC(=O)C(=C)c1ccc(F)cc1)OC(=O)CCCCCCCCCOC(=O)C(=C)c1ccc(F)cc1)c1ccc(F)cc1. The molecule has 0 heterocycles. The van der Waals surface area contributed by atoms with Crippen molar-refractivity contribution < 1.29 is 70.4 Å². The summed E-state index contributed by atoms with van der Waals surface area (Å²) in [6.45, 7) is 11.9. The first-order valence-corrected chi connectivity index (χ1v) is 26.6. The van der Waals surface area contributed by atoms with Crippen molar-refractivity contribution >= 4 is 52.5 Å². The Bertz CT molecular complexity index is 2120. The van der Waals surface area contributed by atoms with Crippen molar-refractivity contribution in [1.82, 2.24) is 0 Å². The molecule has 0 aliphatic carbocycles. The number of ether oxygens (including phenoxy) is 6. The van der Waals surface area contributed by atoms with Crippen LogP contribution >= 0.6 is 0 Å². The first-order chi connectivity index (χ1) is 36.2. The molecule has 0 unspecified atom stereocenters. The Kier molecular flexibility index (Phi) is 31.9. The van der Waals surface area contributed by atoms with E-state index >= 15 is 0 Å². The highest BCUT2D eigenvalue weighted by Crippen LogP contribution is 2.20. The number of halogens is 3. The molecule has 3 rings (SSSR count). The maximum absolute atomic E-state index is 13.2. The van der Waals surface area contributed by atoms with E-state index in [1.54, 1.807) is 0 Å². The van der Waals surface area contributed by atoms with Crippen LogP contribution in [0.2, 0.25) is 0 Å². The van der Waals surface area contributed by atoms with Gasteiger partial charge in [-0.25, -0.2) is 27.6 Å². The maximum atomic E-state index is 13.2. The van der Waals surface area contributed by atoms with E-state index in [0.717, 1.165) is 96.3 Å². The molecular formula is C60H77F3O12. The Morgan fingerprint density at radius 3 is 0.880 bits per heavy atom. The number of hydrogen-bond acceptors (Lipinski definition) is 12. The Labute approximate surface area is 441 Å². The molecule has 0 N–H and O–H groups in total. The number of carbonyl (C=O) groups excluding carboxylic acids is 6. The van der Waals surface area contributed by atoms with Gasteiger partial charge in [0.1, 0.15) is 17.5 Å². The highest BCUT2D eigenvalue weighted by molar-refractivity contribution is 6.16. The largest absolute Gasteiger partial charge is 0.465 e. The summed E-state index contributed by atoms with van der Waals surface area (Å²) >= 11 is 0. The monoisotopic (exact) mass is 1050 g/mol. The average molecular weight is 1050 g/mol. The van der Waals surface area contributed by atoms with Crippen molar-refractivity contribution in [3.05, 3.63) is 127 Å². The smallest absolute Gasteiger partial charge is 0.338 e. The molecule has 12 nitrogen and oxygen atoms in total. The van der Waals surface area contributed by atoms with Gasteiger partial charge in [0.05, 0.1) is 49.6 Å². The number of carbonyl (C=O) groups is 6. The molecule has 15 heteroatoms. The molecule has 0 saturated heterocycles. The third kappa shape index (κ3) is 28.7. The van der Waals surface area contributed by atoms with Crippen molar-refractivity contribution in [3.8, 4) is 0 Å². The molecule has 3 aromatic carbocycles. The molecule has 75 heavy (non-hydrogen) atoms. The molecule has 410 valence electrons. The number of rotatable bonds is 41. The zero-order chi connectivity index (χ0) is 54.5. The van der Waals surface area contributed by atoms with Gasteiger partial charge in [-0.15, -0.1) is 0 Å². The van der Waals surface area contributed by atoms with E-state index in [1.807, 2.05) is 0 Å². The van der Waals surface area contributed by atoms with E-state index < -0.39 is 59.6 Å². The van der Waals surface area contributed by atoms with Crippen molar-refractivity contribution in [1.29, 1.82) is 0 Å². The molecule has 0 aliphatic rings. The average Bonchev–Trinajstić information content (AvgIpc) is 3.39. The fourth-order valence-corrected chi connectivity index (χ4v) is 7.72. The Hall–Kier alpha value is -6.51. The second kappa shape index (κ2) is 38.1. The lowest BCUT2D eigenvalue weighted by molar-refractivity contribution is -0.191. The molecule has 0 fully saturated rings. The van der Waals surface area contributed by atoms with Gasteiger partial charge in [-0.3, -0.25) is 14.4 Å². The fraction of sp³-hybridized carbons (Fsp3) is 0.500. The predicted octanol–water partition coefficient (Wildman–Crippen LogP) is 13.9. The maximum Gasteiger partial charge on any atom is 0.338 e. The van der Waals surface area contributed by atoms with Gasteiger partial charge in [-0.1, -0.05) is 152 Å². The number of benzene rings is 3. The molecular weight excluding hydrogens is 970 g/mol. The van der Waals surface area contributed by atoms with Gasteiger partial charge < -0.3 is 28.4 Å². The second-order valence-electron chi connectivity index (χ2n) is 18.5. The van der Waals surface area contributed by atoms with Crippen LogP contribution in [0.5, 0.6) is 0 Å². The summed E-state index contributed by atoms with van der Waals surface area (Å²) in [5.74, 6) is -4.20. The van der Waals surface area contributed by atoms with Crippen LogP contribution in [-0.2, 0) is 57.2 Å². The lowest BCUT2D eigenvalue weighted by atomic mass is 10.1. The molecule has 0 bridgehead atoms. The normalized spacial score (nSPS) is 10.9. The highest BCUT2D eigenvalue weighted by atomic mass is 19.1. The lowest BCUT2D eigenvalue weighted by Crippen LogP contribution is -2.26. The minimum absolute atomic E-state index is 0.00417. The number of unbranched alkanes of at least 4 members (excludes halogenated alkanes) is 18. The van der Waals surface area contributed by atoms with Crippen molar-refractivity contribution in [3.63, 3.8) is 0 Å². The van der Waals surface area contributed by atoms with Crippen LogP contribution in [0.15, 0.2) is 92.5 Å². The van der Waals surface area contributed by atoms with Crippen LogP contribution in [0.25, 0.3) is 16.7 Å². The van der Waals surface area contributed by atoms with Crippen LogP contribution in [-0.4, -0.2) is 68.5 Å². The zero-order valence-corrected chi connectivity index (χ0v) is 43.7. The molecule has 0 aliphatic heterocycles. The van der Waals surface area contributed by atoms with Crippen molar-refractivity contribution in [2.24, 2.45) is 0 Å². The van der Waals surface area contributed by atoms with Gasteiger partial charge in [0.2, 0.25) is 0 Å². The molecule has 0 saturated carbocycles. The van der Waals surface area contributed by atoms with Crippen LogP contribution in [0.4, 0.5) is 13.2 Å². The van der Waals surface area contributed by atoms with Crippen LogP contribution in [0.1, 0.15) is 177 Å². The molecule has 0 aromatic heterocycles. The molecule has 3 aromatic rings.